The van der Waals surface area contributed by atoms with Crippen molar-refractivity contribution < 1.29 is 18.0 Å². The Morgan fingerprint density at radius 2 is 1.71 bits per heavy atom. The molecule has 10 heteroatoms. The fourth-order valence-corrected chi connectivity index (χ4v) is 4.45. The molecule has 0 spiro atoms. The van der Waals surface area contributed by atoms with Gasteiger partial charge in [0.2, 0.25) is 21.8 Å². The van der Waals surface area contributed by atoms with E-state index < -0.39 is 34.1 Å². The van der Waals surface area contributed by atoms with Gasteiger partial charge in [-0.15, -0.1) is 0 Å². The molecule has 0 saturated heterocycles. The van der Waals surface area contributed by atoms with Crippen LogP contribution in [-0.4, -0.2) is 49.5 Å². The second-order valence-corrected chi connectivity index (χ2v) is 12.0. The number of aryl methyl sites for hydroxylation is 1. The van der Waals surface area contributed by atoms with Gasteiger partial charge in [0, 0.05) is 12.1 Å². The van der Waals surface area contributed by atoms with Crippen molar-refractivity contribution in [3.05, 3.63) is 63.6 Å². The maximum atomic E-state index is 13.5. The highest BCUT2D eigenvalue weighted by molar-refractivity contribution is 7.92. The number of carbonyl (C=O) groups is 2. The molecule has 0 saturated carbocycles. The molecule has 7 nitrogen and oxygen atoms in total. The molecular weight excluding hydrogens is 497 g/mol. The Morgan fingerprint density at radius 1 is 1.06 bits per heavy atom. The lowest BCUT2D eigenvalue weighted by atomic mass is 10.1. The van der Waals surface area contributed by atoms with Crippen LogP contribution in [-0.2, 0) is 26.2 Å². The first-order valence-corrected chi connectivity index (χ1v) is 13.3. The number of nitrogens with zero attached hydrogens (tertiary/aromatic N) is 2. The first kappa shape index (κ1) is 28.0. The minimum Gasteiger partial charge on any atom is -0.350 e. The van der Waals surface area contributed by atoms with Gasteiger partial charge in [-0.2, -0.15) is 0 Å². The predicted molar refractivity (Wildman–Crippen MR) is 138 cm³/mol. The molecule has 0 radical (unpaired) electrons. The van der Waals surface area contributed by atoms with Crippen LogP contribution in [0.4, 0.5) is 5.69 Å². The molecule has 2 aromatic carbocycles. The van der Waals surface area contributed by atoms with Gasteiger partial charge in [0.15, 0.2) is 0 Å². The first-order chi connectivity index (χ1) is 15.6. The number of sulfonamides is 1. The van der Waals surface area contributed by atoms with Gasteiger partial charge >= 0.3 is 0 Å². The van der Waals surface area contributed by atoms with Crippen LogP contribution >= 0.6 is 23.2 Å². The molecular formula is C24H31Cl2N3O4S. The number of amides is 2. The third-order valence-electron chi connectivity index (χ3n) is 4.97. The van der Waals surface area contributed by atoms with Gasteiger partial charge in [0.25, 0.3) is 0 Å². The highest BCUT2D eigenvalue weighted by Crippen LogP contribution is 2.28. The number of halogens is 2. The molecule has 34 heavy (non-hydrogen) atoms. The van der Waals surface area contributed by atoms with Crippen molar-refractivity contribution in [2.45, 2.75) is 52.7 Å². The van der Waals surface area contributed by atoms with Gasteiger partial charge in [-0.3, -0.25) is 13.9 Å². The Hall–Kier alpha value is -2.29. The lowest BCUT2D eigenvalue weighted by Crippen LogP contribution is -2.54. The molecule has 0 aliphatic heterocycles. The Labute approximate surface area is 212 Å². The zero-order valence-electron chi connectivity index (χ0n) is 20.2. The topological polar surface area (TPSA) is 86.8 Å². The SMILES string of the molecule is Cc1cccc(CN(C(=O)CN(c2ccc(Cl)c(Cl)c2)S(C)(=O)=O)[C@H](C)C(=O)NC(C)(C)C)c1. The summed E-state index contributed by atoms with van der Waals surface area (Å²) in [7, 11) is -3.85. The smallest absolute Gasteiger partial charge is 0.244 e. The van der Waals surface area contributed by atoms with Gasteiger partial charge in [-0.05, 0) is 58.4 Å². The van der Waals surface area contributed by atoms with E-state index in [4.69, 9.17) is 23.2 Å². The Balaban J connectivity index is 2.43. The van der Waals surface area contributed by atoms with Crippen LogP contribution in [0.25, 0.3) is 0 Å². The van der Waals surface area contributed by atoms with Crippen molar-refractivity contribution in [2.24, 2.45) is 0 Å². The largest absolute Gasteiger partial charge is 0.350 e. The highest BCUT2D eigenvalue weighted by atomic mass is 35.5. The second kappa shape index (κ2) is 11.0. The van der Waals surface area contributed by atoms with Gasteiger partial charge in [-0.1, -0.05) is 53.0 Å². The van der Waals surface area contributed by atoms with Gasteiger partial charge in [0.1, 0.15) is 12.6 Å². The van der Waals surface area contributed by atoms with E-state index >= 15 is 0 Å². The molecule has 0 fully saturated rings. The molecule has 2 rings (SSSR count). The monoisotopic (exact) mass is 527 g/mol. The molecule has 0 heterocycles. The van der Waals surface area contributed by atoms with Crippen molar-refractivity contribution in [1.82, 2.24) is 10.2 Å². The van der Waals surface area contributed by atoms with E-state index in [0.717, 1.165) is 21.7 Å². The number of anilines is 1. The van der Waals surface area contributed by atoms with Crippen LogP contribution in [0.15, 0.2) is 42.5 Å². The maximum Gasteiger partial charge on any atom is 0.244 e. The summed E-state index contributed by atoms with van der Waals surface area (Å²) in [6.07, 6.45) is 1.00. The molecule has 0 bridgehead atoms. The van der Waals surface area contributed by atoms with E-state index in [1.807, 2.05) is 52.0 Å². The zero-order chi connectivity index (χ0) is 25.8. The summed E-state index contributed by atoms with van der Waals surface area (Å²) in [5, 5.41) is 3.31. The van der Waals surface area contributed by atoms with Crippen molar-refractivity contribution in [1.29, 1.82) is 0 Å². The summed E-state index contributed by atoms with van der Waals surface area (Å²) in [6, 6.07) is 11.1. The standard InChI is InChI=1S/C24H31Cl2N3O4S/c1-16-8-7-9-18(12-16)14-28(17(2)23(31)27-24(3,4)5)22(30)15-29(34(6,32)33)19-10-11-20(25)21(26)13-19/h7-13,17H,14-15H2,1-6H3,(H,27,31)/t17-/m1/s1. The molecule has 2 aromatic rings. The number of carbonyl (C=O) groups excluding carboxylic acids is 2. The van der Waals surface area contributed by atoms with Gasteiger partial charge in [0.05, 0.1) is 22.0 Å². The molecule has 0 aliphatic rings. The summed E-state index contributed by atoms with van der Waals surface area (Å²) in [6.45, 7) is 8.73. The lowest BCUT2D eigenvalue weighted by Gasteiger charge is -2.33. The fourth-order valence-electron chi connectivity index (χ4n) is 3.32. The Morgan fingerprint density at radius 3 is 2.24 bits per heavy atom. The van der Waals surface area contributed by atoms with E-state index in [1.165, 1.54) is 23.1 Å². The van der Waals surface area contributed by atoms with E-state index in [1.54, 1.807) is 6.92 Å². The zero-order valence-corrected chi connectivity index (χ0v) is 22.6. The summed E-state index contributed by atoms with van der Waals surface area (Å²) in [5.41, 5.74) is 1.53. The maximum absolute atomic E-state index is 13.5. The molecule has 1 N–H and O–H groups in total. The van der Waals surface area contributed by atoms with Crippen molar-refractivity contribution in [2.75, 3.05) is 17.1 Å². The van der Waals surface area contributed by atoms with Crippen LogP contribution < -0.4 is 9.62 Å². The van der Waals surface area contributed by atoms with Crippen LogP contribution in [0.3, 0.4) is 0 Å². The molecule has 0 aromatic heterocycles. The van der Waals surface area contributed by atoms with Crippen molar-refractivity contribution in [3.8, 4) is 0 Å². The van der Waals surface area contributed by atoms with Gasteiger partial charge < -0.3 is 10.2 Å². The van der Waals surface area contributed by atoms with Crippen LogP contribution in [0, 0.1) is 6.92 Å². The van der Waals surface area contributed by atoms with Crippen LogP contribution in [0.1, 0.15) is 38.8 Å². The van der Waals surface area contributed by atoms with Crippen molar-refractivity contribution >= 4 is 50.7 Å². The van der Waals surface area contributed by atoms with Crippen LogP contribution in [0.5, 0.6) is 0 Å². The molecule has 186 valence electrons. The molecule has 2 amide bonds. The summed E-state index contributed by atoms with van der Waals surface area (Å²) in [5.74, 6) is -0.872. The predicted octanol–water partition coefficient (Wildman–Crippen LogP) is 4.40. The Bertz CT molecular complexity index is 1160. The fraction of sp³-hybridized carbons (Fsp3) is 0.417. The molecule has 1 atom stereocenters. The summed E-state index contributed by atoms with van der Waals surface area (Å²) in [4.78, 5) is 27.8. The number of hydrogen-bond acceptors (Lipinski definition) is 4. The molecule has 0 unspecified atom stereocenters. The average Bonchev–Trinajstić information content (AvgIpc) is 2.69. The van der Waals surface area contributed by atoms with E-state index in [0.29, 0.717) is 0 Å². The minimum absolute atomic E-state index is 0.137. The summed E-state index contributed by atoms with van der Waals surface area (Å²) >= 11 is 12.0. The third-order valence-corrected chi connectivity index (χ3v) is 6.85. The number of benzene rings is 2. The Kier molecular flexibility index (Phi) is 9.02. The lowest BCUT2D eigenvalue weighted by molar-refractivity contribution is -0.140. The second-order valence-electron chi connectivity index (χ2n) is 9.29. The van der Waals surface area contributed by atoms with E-state index in [2.05, 4.69) is 5.32 Å². The quantitative estimate of drug-likeness (QED) is 0.551. The summed E-state index contributed by atoms with van der Waals surface area (Å²) < 4.78 is 26.1. The normalized spacial score (nSPS) is 12.7. The molecule has 0 aliphatic carbocycles. The number of hydrogen-bond donors (Lipinski definition) is 1. The third kappa shape index (κ3) is 7.89. The number of nitrogens with one attached hydrogen (secondary N) is 1. The van der Waals surface area contributed by atoms with Gasteiger partial charge in [-0.25, -0.2) is 8.42 Å². The van der Waals surface area contributed by atoms with E-state index in [9.17, 15) is 18.0 Å². The average molecular weight is 529 g/mol. The minimum atomic E-state index is -3.85. The van der Waals surface area contributed by atoms with Crippen molar-refractivity contribution in [3.63, 3.8) is 0 Å². The van der Waals surface area contributed by atoms with Crippen LogP contribution in [0.2, 0.25) is 10.0 Å². The van der Waals surface area contributed by atoms with E-state index in [-0.39, 0.29) is 28.2 Å². The first-order valence-electron chi connectivity index (χ1n) is 10.7. The number of rotatable bonds is 8. The highest BCUT2D eigenvalue weighted by Gasteiger charge is 2.31.